The van der Waals surface area contributed by atoms with Crippen LogP contribution in [0.25, 0.3) is 0 Å². The van der Waals surface area contributed by atoms with Gasteiger partial charge in [0.2, 0.25) is 5.91 Å². The summed E-state index contributed by atoms with van der Waals surface area (Å²) in [6.45, 7) is 0.388. The van der Waals surface area contributed by atoms with Crippen LogP contribution < -0.4 is 0 Å². The van der Waals surface area contributed by atoms with Gasteiger partial charge in [-0.2, -0.15) is 0 Å². The summed E-state index contributed by atoms with van der Waals surface area (Å²) < 4.78 is 19.6. The number of halogens is 1. The van der Waals surface area contributed by atoms with Crippen LogP contribution in [-0.2, 0) is 20.9 Å². The van der Waals surface area contributed by atoms with Gasteiger partial charge in [0.25, 0.3) is 0 Å². The number of carbonyl (C=O) groups is 2. The summed E-state index contributed by atoms with van der Waals surface area (Å²) in [5, 5.41) is 9.37. The second-order valence-electron chi connectivity index (χ2n) is 6.02. The van der Waals surface area contributed by atoms with E-state index < -0.39 is 29.5 Å². The SMILES string of the molecule is O=C(O)[C@@H]1[C@H]2C=C[C@@]3(CN(Cc4ccccc4F)C(=O)[C@@H]13)O2. The van der Waals surface area contributed by atoms with Gasteiger partial charge in [-0.15, -0.1) is 0 Å². The quantitative estimate of drug-likeness (QED) is 0.852. The zero-order valence-corrected chi connectivity index (χ0v) is 11.6. The summed E-state index contributed by atoms with van der Waals surface area (Å²) in [4.78, 5) is 25.6. The molecule has 3 aliphatic rings. The first kappa shape index (κ1) is 13.5. The Morgan fingerprint density at radius 1 is 1.45 bits per heavy atom. The smallest absolute Gasteiger partial charge is 0.310 e. The van der Waals surface area contributed by atoms with Crippen LogP contribution in [0.3, 0.4) is 0 Å². The van der Waals surface area contributed by atoms with Gasteiger partial charge in [-0.25, -0.2) is 4.39 Å². The summed E-state index contributed by atoms with van der Waals surface area (Å²) in [6.07, 6.45) is 2.97. The Morgan fingerprint density at radius 3 is 2.95 bits per heavy atom. The monoisotopic (exact) mass is 303 g/mol. The summed E-state index contributed by atoms with van der Waals surface area (Å²) in [7, 11) is 0. The molecule has 5 nitrogen and oxygen atoms in total. The van der Waals surface area contributed by atoms with Gasteiger partial charge >= 0.3 is 5.97 Å². The molecule has 22 heavy (non-hydrogen) atoms. The summed E-state index contributed by atoms with van der Waals surface area (Å²) in [5.41, 5.74) is -0.451. The van der Waals surface area contributed by atoms with E-state index in [-0.39, 0.29) is 24.8 Å². The van der Waals surface area contributed by atoms with E-state index >= 15 is 0 Å². The molecule has 0 unspecified atom stereocenters. The third-order valence-electron chi connectivity index (χ3n) is 4.78. The molecule has 114 valence electrons. The van der Waals surface area contributed by atoms with Crippen LogP contribution in [0, 0.1) is 17.7 Å². The molecule has 2 saturated heterocycles. The number of fused-ring (bicyclic) bond motifs is 1. The van der Waals surface area contributed by atoms with Crippen molar-refractivity contribution in [1.82, 2.24) is 4.90 Å². The Balaban J connectivity index is 1.64. The van der Waals surface area contributed by atoms with Crippen molar-refractivity contribution in [2.24, 2.45) is 11.8 Å². The van der Waals surface area contributed by atoms with Crippen molar-refractivity contribution in [2.45, 2.75) is 18.2 Å². The fourth-order valence-corrected chi connectivity index (χ4v) is 3.83. The number of aliphatic carboxylic acids is 1. The summed E-state index contributed by atoms with van der Waals surface area (Å²) in [6, 6.07) is 6.26. The van der Waals surface area contributed by atoms with Crippen LogP contribution in [0.15, 0.2) is 36.4 Å². The Bertz CT molecular complexity index is 703. The molecule has 3 aliphatic heterocycles. The molecule has 1 aromatic carbocycles. The van der Waals surface area contributed by atoms with E-state index in [2.05, 4.69) is 0 Å². The van der Waals surface area contributed by atoms with Gasteiger partial charge < -0.3 is 14.7 Å². The first-order chi connectivity index (χ1) is 10.5. The minimum absolute atomic E-state index is 0.123. The van der Waals surface area contributed by atoms with Gasteiger partial charge in [-0.05, 0) is 6.07 Å². The molecular weight excluding hydrogens is 289 g/mol. The predicted molar refractivity (Wildman–Crippen MR) is 73.2 cm³/mol. The highest BCUT2D eigenvalue weighted by atomic mass is 19.1. The van der Waals surface area contributed by atoms with Crippen LogP contribution in [0.1, 0.15) is 5.56 Å². The molecule has 0 aromatic heterocycles. The maximum Gasteiger partial charge on any atom is 0.310 e. The van der Waals surface area contributed by atoms with Crippen LogP contribution in [0.4, 0.5) is 4.39 Å². The largest absolute Gasteiger partial charge is 0.481 e. The van der Waals surface area contributed by atoms with Crippen LogP contribution in [-0.4, -0.2) is 40.1 Å². The van der Waals surface area contributed by atoms with Crippen molar-refractivity contribution in [1.29, 1.82) is 0 Å². The van der Waals surface area contributed by atoms with Gasteiger partial charge in [0, 0.05) is 12.1 Å². The molecule has 6 heteroatoms. The highest BCUT2D eigenvalue weighted by molar-refractivity contribution is 5.90. The second kappa shape index (κ2) is 4.39. The van der Waals surface area contributed by atoms with Crippen molar-refractivity contribution in [3.8, 4) is 0 Å². The number of carboxylic acid groups (broad SMARTS) is 1. The zero-order valence-electron chi connectivity index (χ0n) is 11.6. The van der Waals surface area contributed by atoms with E-state index in [9.17, 15) is 19.1 Å². The first-order valence-electron chi connectivity index (χ1n) is 7.14. The number of carboxylic acids is 1. The predicted octanol–water partition coefficient (Wildman–Crippen LogP) is 1.19. The number of nitrogens with zero attached hydrogens (tertiary/aromatic N) is 1. The molecule has 0 aliphatic carbocycles. The van der Waals surface area contributed by atoms with E-state index in [1.807, 2.05) is 0 Å². The molecule has 3 heterocycles. The molecule has 1 amide bonds. The number of ether oxygens (including phenoxy) is 1. The Hall–Kier alpha value is -2.21. The lowest BCUT2D eigenvalue weighted by molar-refractivity contribution is -0.148. The Morgan fingerprint density at radius 2 is 2.23 bits per heavy atom. The number of carbonyl (C=O) groups excluding carboxylic acids is 1. The molecular formula is C16H14FNO4. The van der Waals surface area contributed by atoms with Gasteiger partial charge in [-0.1, -0.05) is 30.4 Å². The molecule has 0 radical (unpaired) electrons. The average Bonchev–Trinajstić information content (AvgIpc) is 3.10. The molecule has 1 N–H and O–H groups in total. The first-order valence-corrected chi connectivity index (χ1v) is 7.14. The summed E-state index contributed by atoms with van der Waals surface area (Å²) in [5.74, 6) is -3.25. The minimum Gasteiger partial charge on any atom is -0.481 e. The third-order valence-corrected chi connectivity index (χ3v) is 4.78. The van der Waals surface area contributed by atoms with Crippen LogP contribution in [0.2, 0.25) is 0 Å². The number of hydrogen-bond acceptors (Lipinski definition) is 3. The van der Waals surface area contributed by atoms with Crippen LogP contribution in [0.5, 0.6) is 0 Å². The average molecular weight is 303 g/mol. The Labute approximate surface area is 126 Å². The molecule has 1 aromatic rings. The normalized spacial score (nSPS) is 35.2. The lowest BCUT2D eigenvalue weighted by Crippen LogP contribution is -2.39. The van der Waals surface area contributed by atoms with Crippen molar-refractivity contribution in [3.05, 3.63) is 47.8 Å². The number of amides is 1. The van der Waals surface area contributed by atoms with Gasteiger partial charge in [0.05, 0.1) is 18.6 Å². The maximum atomic E-state index is 13.8. The van der Waals surface area contributed by atoms with Gasteiger partial charge in [-0.3, -0.25) is 9.59 Å². The van der Waals surface area contributed by atoms with E-state index in [1.54, 1.807) is 30.4 Å². The lowest BCUT2D eigenvalue weighted by Gasteiger charge is -2.21. The molecule has 2 bridgehead atoms. The highest BCUT2D eigenvalue weighted by Crippen LogP contribution is 2.52. The number of hydrogen-bond donors (Lipinski definition) is 1. The summed E-state index contributed by atoms with van der Waals surface area (Å²) >= 11 is 0. The Kier molecular flexibility index (Phi) is 2.69. The zero-order chi connectivity index (χ0) is 15.5. The number of benzene rings is 1. The van der Waals surface area contributed by atoms with Crippen molar-refractivity contribution in [3.63, 3.8) is 0 Å². The van der Waals surface area contributed by atoms with Crippen LogP contribution >= 0.6 is 0 Å². The topological polar surface area (TPSA) is 66.8 Å². The van der Waals surface area contributed by atoms with Gasteiger partial charge in [0.15, 0.2) is 0 Å². The second-order valence-corrected chi connectivity index (χ2v) is 6.02. The fourth-order valence-electron chi connectivity index (χ4n) is 3.83. The van der Waals surface area contributed by atoms with Gasteiger partial charge in [0.1, 0.15) is 17.3 Å². The fraction of sp³-hybridized carbons (Fsp3) is 0.375. The van der Waals surface area contributed by atoms with Crippen molar-refractivity contribution < 1.29 is 23.8 Å². The maximum absolute atomic E-state index is 13.8. The molecule has 0 saturated carbocycles. The molecule has 1 spiro atoms. The third kappa shape index (κ3) is 1.67. The highest BCUT2D eigenvalue weighted by Gasteiger charge is 2.66. The van der Waals surface area contributed by atoms with Crippen molar-refractivity contribution >= 4 is 11.9 Å². The van der Waals surface area contributed by atoms with E-state index in [0.29, 0.717) is 5.56 Å². The lowest BCUT2D eigenvalue weighted by atomic mass is 9.77. The number of rotatable bonds is 3. The van der Waals surface area contributed by atoms with E-state index in [0.717, 1.165) is 0 Å². The van der Waals surface area contributed by atoms with E-state index in [4.69, 9.17) is 4.74 Å². The molecule has 4 rings (SSSR count). The number of likely N-dealkylation sites (tertiary alicyclic amines) is 1. The van der Waals surface area contributed by atoms with Crippen molar-refractivity contribution in [2.75, 3.05) is 6.54 Å². The standard InChI is InChI=1S/C16H14FNO4/c17-10-4-2-1-3-9(10)7-18-8-16-6-5-11(22-16)12(15(20)21)13(16)14(18)19/h1-6,11-13H,7-8H2,(H,20,21)/t11-,12-,13-,16+/m1/s1. The van der Waals surface area contributed by atoms with E-state index in [1.165, 1.54) is 11.0 Å². The molecule has 2 fully saturated rings. The molecule has 4 atom stereocenters. The minimum atomic E-state index is -1.03.